The van der Waals surface area contributed by atoms with Gasteiger partial charge in [-0.05, 0) is 48.1 Å². The second-order valence-corrected chi connectivity index (χ2v) is 7.56. The van der Waals surface area contributed by atoms with Crippen LogP contribution in [0.4, 0.5) is 11.6 Å². The third-order valence-corrected chi connectivity index (χ3v) is 5.71. The van der Waals surface area contributed by atoms with Crippen molar-refractivity contribution in [1.82, 2.24) is 9.97 Å². The van der Waals surface area contributed by atoms with Crippen molar-refractivity contribution in [2.45, 2.75) is 25.2 Å². The van der Waals surface area contributed by atoms with Crippen molar-refractivity contribution in [2.24, 2.45) is 0 Å². The highest BCUT2D eigenvalue weighted by molar-refractivity contribution is 6.10. The van der Waals surface area contributed by atoms with E-state index in [0.717, 1.165) is 31.7 Å². The minimum Gasteiger partial charge on any atom is -0.383 e. The van der Waals surface area contributed by atoms with E-state index < -0.39 is 0 Å². The highest BCUT2D eigenvalue weighted by atomic mass is 16.1. The Balaban J connectivity index is 0.00000240. The SMILES string of the molecule is CC1(c2ccccc2)CCN(c2cccc(C(=O)c3cccnc3N)n2)CC1.[HH].[HH].[HH].[HH]. The molecule has 0 unspecified atom stereocenters. The van der Waals surface area contributed by atoms with Crippen molar-refractivity contribution in [3.05, 3.63) is 83.7 Å². The number of carbonyl (C=O) groups excluding carboxylic acids is 1. The van der Waals surface area contributed by atoms with Crippen LogP contribution < -0.4 is 10.6 Å². The molecule has 2 N–H and O–H groups in total. The first kappa shape index (κ1) is 18.2. The topological polar surface area (TPSA) is 72.1 Å². The third kappa shape index (κ3) is 3.48. The van der Waals surface area contributed by atoms with Crippen LogP contribution >= 0.6 is 0 Å². The van der Waals surface area contributed by atoms with Crippen molar-refractivity contribution in [1.29, 1.82) is 0 Å². The standard InChI is InChI=1S/C23H24N4O.4H2/c1-23(17-7-3-2-4-8-17)12-15-27(16-13-23)20-11-5-10-19(26-20)21(28)18-9-6-14-25-22(18)24;;;;/h2-11,14H,12-13,15-16H2,1H3,(H2,24,25);4*1H. The maximum atomic E-state index is 12.8. The first-order valence-electron chi connectivity index (χ1n) is 9.60. The number of hydrogen-bond donors (Lipinski definition) is 1. The van der Waals surface area contributed by atoms with E-state index in [-0.39, 0.29) is 22.7 Å². The number of hydrogen-bond acceptors (Lipinski definition) is 5. The van der Waals surface area contributed by atoms with Crippen molar-refractivity contribution >= 4 is 17.4 Å². The van der Waals surface area contributed by atoms with E-state index in [1.165, 1.54) is 5.56 Å². The Morgan fingerprint density at radius 2 is 1.79 bits per heavy atom. The molecule has 0 saturated carbocycles. The molecule has 1 aliphatic heterocycles. The number of aromatic nitrogens is 2. The summed E-state index contributed by atoms with van der Waals surface area (Å²) in [6.07, 6.45) is 3.67. The van der Waals surface area contributed by atoms with Crippen LogP contribution in [-0.4, -0.2) is 28.8 Å². The fourth-order valence-corrected chi connectivity index (χ4v) is 3.83. The molecular formula is C23H32N4O. The van der Waals surface area contributed by atoms with Gasteiger partial charge in [-0.25, -0.2) is 9.97 Å². The maximum absolute atomic E-state index is 12.8. The lowest BCUT2D eigenvalue weighted by Gasteiger charge is -2.40. The molecule has 28 heavy (non-hydrogen) atoms. The number of rotatable bonds is 4. The van der Waals surface area contributed by atoms with E-state index in [1.807, 2.05) is 12.1 Å². The molecule has 150 valence electrons. The largest absolute Gasteiger partial charge is 0.383 e. The zero-order chi connectivity index (χ0) is 19.6. The molecule has 0 bridgehead atoms. The van der Waals surface area contributed by atoms with Gasteiger partial charge in [-0.2, -0.15) is 0 Å². The minimum atomic E-state index is -0.196. The molecule has 5 nitrogen and oxygen atoms in total. The number of benzene rings is 1. The van der Waals surface area contributed by atoms with Crippen LogP contribution in [-0.2, 0) is 5.41 Å². The van der Waals surface area contributed by atoms with Gasteiger partial charge in [0.25, 0.3) is 0 Å². The fraction of sp³-hybridized carbons (Fsp3) is 0.261. The molecule has 1 aliphatic rings. The predicted octanol–water partition coefficient (Wildman–Crippen LogP) is 4.83. The number of nitrogens with zero attached hydrogens (tertiary/aromatic N) is 3. The molecule has 0 spiro atoms. The highest BCUT2D eigenvalue weighted by Gasteiger charge is 2.32. The highest BCUT2D eigenvalue weighted by Crippen LogP contribution is 2.36. The molecule has 3 aromatic rings. The molecule has 4 rings (SSSR count). The van der Waals surface area contributed by atoms with E-state index >= 15 is 0 Å². The Labute approximate surface area is 171 Å². The molecule has 1 fully saturated rings. The molecule has 0 amide bonds. The van der Waals surface area contributed by atoms with Gasteiger partial charge in [-0.1, -0.05) is 43.3 Å². The summed E-state index contributed by atoms with van der Waals surface area (Å²) in [5.74, 6) is 0.873. The summed E-state index contributed by atoms with van der Waals surface area (Å²) in [4.78, 5) is 23.7. The quantitative estimate of drug-likeness (QED) is 0.656. The number of nitrogen functional groups attached to an aromatic ring is 1. The fourth-order valence-electron chi connectivity index (χ4n) is 3.83. The van der Waals surface area contributed by atoms with Crippen LogP contribution in [0.3, 0.4) is 0 Å². The van der Waals surface area contributed by atoms with Gasteiger partial charge in [0.15, 0.2) is 0 Å². The first-order chi connectivity index (χ1) is 13.6. The Bertz CT molecular complexity index is 996. The Kier molecular flexibility index (Phi) is 4.82. The second kappa shape index (κ2) is 7.43. The maximum Gasteiger partial charge on any atom is 0.215 e. The molecular weight excluding hydrogens is 348 g/mol. The molecule has 0 radical (unpaired) electrons. The summed E-state index contributed by atoms with van der Waals surface area (Å²) in [5, 5.41) is 0. The van der Waals surface area contributed by atoms with Crippen LogP contribution in [0.2, 0.25) is 0 Å². The Hall–Kier alpha value is -3.21. The molecule has 0 atom stereocenters. The van der Waals surface area contributed by atoms with Gasteiger partial charge < -0.3 is 10.6 Å². The van der Waals surface area contributed by atoms with Crippen LogP contribution in [0, 0.1) is 0 Å². The summed E-state index contributed by atoms with van der Waals surface area (Å²) >= 11 is 0. The smallest absolute Gasteiger partial charge is 0.215 e. The average Bonchev–Trinajstić information content (AvgIpc) is 2.75. The monoisotopic (exact) mass is 380 g/mol. The Morgan fingerprint density at radius 1 is 1.04 bits per heavy atom. The second-order valence-electron chi connectivity index (χ2n) is 7.56. The average molecular weight is 381 g/mol. The van der Waals surface area contributed by atoms with Crippen molar-refractivity contribution in [2.75, 3.05) is 23.7 Å². The Morgan fingerprint density at radius 3 is 2.50 bits per heavy atom. The number of anilines is 2. The van der Waals surface area contributed by atoms with Crippen LogP contribution in [0.15, 0.2) is 66.9 Å². The van der Waals surface area contributed by atoms with Crippen LogP contribution in [0.25, 0.3) is 0 Å². The number of carbonyl (C=O) groups is 1. The van der Waals surface area contributed by atoms with Gasteiger partial charge in [-0.3, -0.25) is 4.79 Å². The van der Waals surface area contributed by atoms with Crippen LogP contribution in [0.5, 0.6) is 0 Å². The van der Waals surface area contributed by atoms with E-state index in [9.17, 15) is 4.79 Å². The van der Waals surface area contributed by atoms with Gasteiger partial charge >= 0.3 is 0 Å². The van der Waals surface area contributed by atoms with Crippen LogP contribution in [0.1, 0.15) is 47.1 Å². The molecule has 3 heterocycles. The van der Waals surface area contributed by atoms with Crippen molar-refractivity contribution in [3.8, 4) is 0 Å². The minimum absolute atomic E-state index is 0. The number of pyridine rings is 2. The zero-order valence-corrected chi connectivity index (χ0v) is 16.0. The third-order valence-electron chi connectivity index (χ3n) is 5.71. The van der Waals surface area contributed by atoms with Gasteiger partial charge in [0, 0.05) is 25.0 Å². The first-order valence-corrected chi connectivity index (χ1v) is 9.60. The lowest BCUT2D eigenvalue weighted by molar-refractivity contribution is 0.103. The van der Waals surface area contributed by atoms with E-state index in [4.69, 9.17) is 5.73 Å². The normalized spacial score (nSPS) is 16.0. The predicted molar refractivity (Wildman–Crippen MR) is 120 cm³/mol. The van der Waals surface area contributed by atoms with Gasteiger partial charge in [-0.15, -0.1) is 0 Å². The summed E-state index contributed by atoms with van der Waals surface area (Å²) in [5.41, 5.74) is 8.21. The molecule has 0 aliphatic carbocycles. The molecule has 1 aromatic carbocycles. The number of piperidine rings is 1. The van der Waals surface area contributed by atoms with E-state index in [2.05, 4.69) is 52.1 Å². The zero-order valence-electron chi connectivity index (χ0n) is 16.0. The van der Waals surface area contributed by atoms with E-state index in [0.29, 0.717) is 11.3 Å². The molecule has 5 heteroatoms. The van der Waals surface area contributed by atoms with Gasteiger partial charge in [0.1, 0.15) is 17.3 Å². The van der Waals surface area contributed by atoms with Gasteiger partial charge in [0.2, 0.25) is 5.78 Å². The molecule has 1 saturated heterocycles. The summed E-state index contributed by atoms with van der Waals surface area (Å²) < 4.78 is 0. The molecule has 2 aromatic heterocycles. The summed E-state index contributed by atoms with van der Waals surface area (Å²) in [7, 11) is 0. The summed E-state index contributed by atoms with van der Waals surface area (Å²) in [6.45, 7) is 4.15. The lowest BCUT2D eigenvalue weighted by Crippen LogP contribution is -2.41. The lowest BCUT2D eigenvalue weighted by atomic mass is 9.74. The number of nitrogens with two attached hydrogens (primary N) is 1. The van der Waals surface area contributed by atoms with Crippen molar-refractivity contribution < 1.29 is 10.5 Å². The van der Waals surface area contributed by atoms with E-state index in [1.54, 1.807) is 24.4 Å². The van der Waals surface area contributed by atoms with Crippen molar-refractivity contribution in [3.63, 3.8) is 0 Å². The number of ketones is 1. The summed E-state index contributed by atoms with van der Waals surface area (Å²) in [6, 6.07) is 19.7. The van der Waals surface area contributed by atoms with Gasteiger partial charge in [0.05, 0.1) is 5.56 Å².